The molecule has 0 bridgehead atoms. The number of esters is 4. The fourth-order valence-corrected chi connectivity index (χ4v) is 36.0. The lowest BCUT2D eigenvalue weighted by atomic mass is 9.60. The summed E-state index contributed by atoms with van der Waals surface area (Å²) in [7, 11) is -3.70. The number of carbonyl (C=O) groups excluding carboxylic acids is 5. The highest BCUT2D eigenvalue weighted by Gasteiger charge is 2.58. The molecule has 11 saturated carbocycles. The quantitative estimate of drug-likeness (QED) is 0.0148. The summed E-state index contributed by atoms with van der Waals surface area (Å²) >= 11 is 14.3. The Morgan fingerprint density at radius 2 is 0.840 bits per heavy atom. The maximum Gasteiger partial charge on any atom is 0.334 e. The molecule has 15 fully saturated rings. The Kier molecular flexibility index (Phi) is 44.1. The molecule has 0 aromatic heterocycles. The van der Waals surface area contributed by atoms with Crippen molar-refractivity contribution in [1.29, 1.82) is 0 Å². The Hall–Kier alpha value is -3.34. The van der Waals surface area contributed by atoms with Gasteiger partial charge in [0.1, 0.15) is 30.7 Å². The molecular weight excluding hydrogens is 2090 g/mol. The number of aliphatic hydroxyl groups excluding tert-OH is 2. The minimum atomic E-state index is -1.85. The number of hydrogen-bond donors (Lipinski definition) is 3. The average molecular weight is 2290 g/mol. The molecule has 3 N–H and O–H groups in total. The number of hydrogen-bond acceptors (Lipinski definition) is 14. The third kappa shape index (κ3) is 29.1. The standard InChI is InChI=1S/C29H42O4.C21H33BrO3.C21H31BrO2.C20H40O2Si2.C18H27BrO2.C15H23BrO/c1-17(2)24-16-23(33-28(24)32)13-18(3)25-10-11-26-20(7-6-12-29(25,26)5)8-9-21-14-22(30)15-27(31)19(21)4;1-13(10-15-11-18(19(23)25-15)20(2,3)24)16-7-8-17-14(12-22)6-5-9-21(16,17)4;1-13(2)17-11-16(24-20(17)23)10-14(3)18-7-8-19-15(12-22)6-5-9-21(18,19)4;1-13-15-18(22-24(11,12)20(6,7)8)16-17(14-2)21-23(9,10)19(3,4)5;1-12(10-14-5-8-17(20)21-14)15-6-7-16-13(11-19)4-3-9-18(15,16)2;1-11(7-9-17)13-5-6-14-12(10-16)4-3-8-15(13,14)2/h8-9,18,22-23,25-27,30-31H,4,6-7,10-16H2,1-3,5H3;12-13,15-18,24H,5-11H2,1-4H3;12,14,16,18-19H,5-11H2,1-4H3;1,14,17-18H,2,15-16H2,3-12H3;11-12,14-16H,3-10H2,1-2H3;9-11,13-14H,3-8H2,1-2H3/b20-8+,21-9-;14-12+;15-12+;;13-11+;12-10+/t18-,22-,23?,25-,26?,27+,29-;13-,15?,16-,17?,18?,21-;14-,16?,18-,19?,21-;17-,18-;12-,14?,15-,16?,18-;11-,13-,14?,15-/m111111/s1. The van der Waals surface area contributed by atoms with Crippen molar-refractivity contribution in [2.24, 2.45) is 122 Å². The zero-order chi connectivity index (χ0) is 107. The molecule has 144 heavy (non-hydrogen) atoms. The maximum absolute atomic E-state index is 12.2. The highest BCUT2D eigenvalue weighted by Crippen LogP contribution is 2.66. The summed E-state index contributed by atoms with van der Waals surface area (Å²) in [4.78, 5) is 67.1. The Balaban J connectivity index is 0.000000179. The zero-order valence-electron chi connectivity index (χ0n) is 94.4. The lowest BCUT2D eigenvalue weighted by Crippen LogP contribution is -2.47. The first kappa shape index (κ1) is 122. The van der Waals surface area contributed by atoms with Crippen molar-refractivity contribution >= 4 is 111 Å². The van der Waals surface area contributed by atoms with E-state index in [0.29, 0.717) is 107 Å². The Morgan fingerprint density at radius 1 is 0.486 bits per heavy atom. The first-order chi connectivity index (χ1) is 67.4. The Bertz CT molecular complexity index is 4700. The summed E-state index contributed by atoms with van der Waals surface area (Å²) in [6, 6.07) is 0. The third-order valence-electron chi connectivity index (χ3n) is 41.1. The van der Waals surface area contributed by atoms with E-state index >= 15 is 0 Å². The van der Waals surface area contributed by atoms with E-state index in [2.05, 4.69) is 252 Å². The van der Waals surface area contributed by atoms with Crippen LogP contribution >= 0.6 is 63.7 Å². The van der Waals surface area contributed by atoms with Crippen molar-refractivity contribution in [3.8, 4) is 12.3 Å². The van der Waals surface area contributed by atoms with Gasteiger partial charge in [0.05, 0.1) is 35.9 Å². The normalized spacial score (nSPS) is 36.8. The van der Waals surface area contributed by atoms with Gasteiger partial charge in [0.25, 0.3) is 0 Å². The smallest absolute Gasteiger partial charge is 0.334 e. The van der Waals surface area contributed by atoms with Gasteiger partial charge < -0.3 is 47.9 Å². The Labute approximate surface area is 910 Å². The minimum absolute atomic E-state index is 0.00452. The van der Waals surface area contributed by atoms with Crippen molar-refractivity contribution in [1.82, 2.24) is 0 Å². The van der Waals surface area contributed by atoms with Gasteiger partial charge in [0.15, 0.2) is 16.6 Å². The number of rotatable bonds is 25. The molecule has 812 valence electrons. The molecule has 4 heterocycles. The van der Waals surface area contributed by atoms with Gasteiger partial charge in [-0.05, 0) is 424 Å². The van der Waals surface area contributed by atoms with Crippen molar-refractivity contribution in [3.63, 3.8) is 0 Å². The van der Waals surface area contributed by atoms with E-state index in [9.17, 15) is 39.3 Å². The van der Waals surface area contributed by atoms with Crippen LogP contribution in [0.3, 0.4) is 0 Å². The number of ether oxygens (including phenoxy) is 4. The van der Waals surface area contributed by atoms with Crippen LogP contribution < -0.4 is 0 Å². The van der Waals surface area contributed by atoms with Crippen LogP contribution in [-0.2, 0) is 51.8 Å². The summed E-state index contributed by atoms with van der Waals surface area (Å²) in [5, 5.41) is 30.8. The van der Waals surface area contributed by atoms with Crippen LogP contribution in [0.5, 0.6) is 0 Å². The Morgan fingerprint density at radius 3 is 1.16 bits per heavy atom. The van der Waals surface area contributed by atoms with Gasteiger partial charge >= 0.3 is 23.9 Å². The molecule has 11 aliphatic carbocycles. The maximum atomic E-state index is 12.2. The molecule has 14 nitrogen and oxygen atoms in total. The number of aliphatic hydroxyl groups is 3. The number of terminal acetylenes is 1. The second-order valence-corrected chi connectivity index (χ2v) is 64.7. The lowest BCUT2D eigenvalue weighted by Gasteiger charge is -2.44. The molecule has 15 rings (SSSR count). The van der Waals surface area contributed by atoms with Crippen LogP contribution in [0.2, 0.25) is 36.3 Å². The lowest BCUT2D eigenvalue weighted by molar-refractivity contribution is -0.150. The van der Waals surface area contributed by atoms with E-state index in [0.717, 1.165) is 139 Å². The number of aldehydes is 1. The average Bonchev–Trinajstić information content (AvgIpc) is 1.62. The number of halogens is 4. The molecule has 15 aliphatic rings. The fraction of sp³-hybridized carbons (Fsp3) is 0.782. The highest BCUT2D eigenvalue weighted by molar-refractivity contribution is 9.11. The van der Waals surface area contributed by atoms with Crippen molar-refractivity contribution in [2.45, 2.75) is 493 Å². The van der Waals surface area contributed by atoms with Crippen LogP contribution in [0.25, 0.3) is 0 Å². The fourth-order valence-electron chi connectivity index (χ4n) is 31.2. The van der Waals surface area contributed by atoms with Gasteiger partial charge in [0, 0.05) is 62.5 Å². The van der Waals surface area contributed by atoms with Crippen LogP contribution in [0.15, 0.2) is 113 Å². The number of allylic oxidation sites excluding steroid dienone is 9. The number of fused-ring (bicyclic) bond motifs is 5. The van der Waals surface area contributed by atoms with E-state index in [1.807, 2.05) is 33.8 Å². The van der Waals surface area contributed by atoms with Gasteiger partial charge in [-0.2, -0.15) is 0 Å². The largest absolute Gasteiger partial charge is 0.462 e. The molecule has 0 radical (unpaired) electrons. The molecular formula is C124H196Br4O14Si2. The topological polar surface area (TPSA) is 201 Å². The van der Waals surface area contributed by atoms with E-state index in [-0.39, 0.29) is 81.9 Å². The SMILES string of the molecule is C#CC[C@H](C[C@@H](C=C)O[Si](C)(C)C(C)(C)C)O[Si](C)(C)C(C)(C)C.C=C1/C(=C\C=C2/CCC[C@@]3(C)C2CC[C@@H]3[C@H](C)CC2CC(=C(C)C)C(=O)O2)C[C@@H](O)C[C@@H]1O.CC(C)=C1CC(C[C@@H](C)[C@H]2CCC3/C(=C/Br)CCC[C@@]32C)OC1=O.C[C@H](CC1CC(C(C)(C)O)C(=O)O1)[C@H]1CCC2/C(=C/Br)CCC[C@@]21C.C[C@H](CC1CCC(=O)O1)[C@H]1CCC2/C(=C/Br)CCC[C@@]21C.C[C@H](CC=O)[C@H]1CCC2/C(=C/Br)CCC[C@@]21C. The summed E-state index contributed by atoms with van der Waals surface area (Å²) in [5.74, 6) is 12.1. The number of carbonyl (C=O) groups is 5. The monoisotopic (exact) mass is 2280 g/mol. The van der Waals surface area contributed by atoms with E-state index in [1.165, 1.54) is 160 Å². The summed E-state index contributed by atoms with van der Waals surface area (Å²) < 4.78 is 35.5. The van der Waals surface area contributed by atoms with Crippen LogP contribution in [0.4, 0.5) is 0 Å². The van der Waals surface area contributed by atoms with Crippen molar-refractivity contribution in [3.05, 3.63) is 113 Å². The van der Waals surface area contributed by atoms with Crippen LogP contribution in [0, 0.1) is 134 Å². The zero-order valence-corrected chi connectivity index (χ0v) is 103. The minimum Gasteiger partial charge on any atom is -0.462 e. The number of cyclic esters (lactones) is 4. The second-order valence-electron chi connectivity index (χ2n) is 53.4. The molecule has 4 aliphatic heterocycles. The van der Waals surface area contributed by atoms with Gasteiger partial charge in [-0.25, -0.2) is 9.59 Å². The first-order valence-electron chi connectivity index (χ1n) is 56.7. The van der Waals surface area contributed by atoms with Crippen LogP contribution in [-0.4, -0.2) is 117 Å². The summed E-state index contributed by atoms with van der Waals surface area (Å²) in [5.41, 5.74) is 14.7. The molecule has 0 aromatic carbocycles. The van der Waals surface area contributed by atoms with Crippen molar-refractivity contribution < 1.29 is 67.1 Å². The predicted octanol–water partition coefficient (Wildman–Crippen LogP) is 33.5. The highest BCUT2D eigenvalue weighted by atomic mass is 79.9. The van der Waals surface area contributed by atoms with E-state index in [1.54, 1.807) is 36.1 Å². The summed E-state index contributed by atoms with van der Waals surface area (Å²) in [6.45, 7) is 66.3. The second kappa shape index (κ2) is 51.8. The molecule has 10 unspecified atom stereocenters. The molecule has 0 amide bonds. The van der Waals surface area contributed by atoms with E-state index in [4.69, 9.17) is 34.2 Å². The third-order valence-corrected chi connectivity index (χ3v) is 52.5. The van der Waals surface area contributed by atoms with E-state index < -0.39 is 34.4 Å². The predicted molar refractivity (Wildman–Crippen MR) is 612 cm³/mol. The molecule has 0 aromatic rings. The molecule has 4 saturated heterocycles. The van der Waals surface area contributed by atoms with Gasteiger partial charge in [0.2, 0.25) is 0 Å². The molecule has 29 atom stereocenters. The summed E-state index contributed by atoms with van der Waals surface area (Å²) in [6.07, 6.45) is 55.3. The molecule has 0 spiro atoms. The van der Waals surface area contributed by atoms with Crippen LogP contribution in [0.1, 0.15) is 403 Å². The molecule has 20 heteroatoms. The van der Waals surface area contributed by atoms with Crippen molar-refractivity contribution in [2.75, 3.05) is 0 Å². The van der Waals surface area contributed by atoms with Gasteiger partial charge in [-0.1, -0.05) is 238 Å². The first-order valence-corrected chi connectivity index (χ1v) is 66.2. The van der Waals surface area contributed by atoms with Gasteiger partial charge in [-0.3, -0.25) is 9.59 Å². The van der Waals surface area contributed by atoms with Gasteiger partial charge in [-0.15, -0.1) is 18.9 Å².